The predicted molar refractivity (Wildman–Crippen MR) is 77.4 cm³/mol. The summed E-state index contributed by atoms with van der Waals surface area (Å²) in [7, 11) is 0. The molecule has 1 unspecified atom stereocenters. The van der Waals surface area contributed by atoms with Crippen LogP contribution in [0.2, 0.25) is 0 Å². The molecule has 0 spiro atoms. The van der Waals surface area contributed by atoms with Gasteiger partial charge in [-0.2, -0.15) is 0 Å². The third kappa shape index (κ3) is 2.73. The molecular formula is C15H24N4. The number of aromatic nitrogens is 2. The summed E-state index contributed by atoms with van der Waals surface area (Å²) in [6.07, 6.45) is 2.66. The van der Waals surface area contributed by atoms with Crippen molar-refractivity contribution in [3.05, 3.63) is 17.6 Å². The van der Waals surface area contributed by atoms with Gasteiger partial charge in [-0.15, -0.1) is 0 Å². The Morgan fingerprint density at radius 1 is 1.26 bits per heavy atom. The van der Waals surface area contributed by atoms with E-state index in [1.807, 2.05) is 0 Å². The molecule has 104 valence electrons. The molecule has 3 saturated heterocycles. The van der Waals surface area contributed by atoms with Crippen LogP contribution in [0.15, 0.2) is 6.07 Å². The Morgan fingerprint density at radius 3 is 2.58 bits per heavy atom. The van der Waals surface area contributed by atoms with Crippen LogP contribution in [0.5, 0.6) is 0 Å². The first-order valence-electron chi connectivity index (χ1n) is 7.46. The Balaban J connectivity index is 1.76. The second-order valence-electron chi connectivity index (χ2n) is 6.30. The van der Waals surface area contributed by atoms with Crippen LogP contribution >= 0.6 is 0 Å². The van der Waals surface area contributed by atoms with Crippen molar-refractivity contribution in [3.8, 4) is 0 Å². The summed E-state index contributed by atoms with van der Waals surface area (Å²) in [5, 5.41) is 3.66. The van der Waals surface area contributed by atoms with Crippen LogP contribution < -0.4 is 5.32 Å². The van der Waals surface area contributed by atoms with E-state index in [4.69, 9.17) is 0 Å². The van der Waals surface area contributed by atoms with E-state index in [1.54, 1.807) is 0 Å². The molecule has 1 atom stereocenters. The molecule has 4 heteroatoms. The van der Waals surface area contributed by atoms with Gasteiger partial charge in [-0.1, -0.05) is 13.8 Å². The monoisotopic (exact) mass is 260 g/mol. The van der Waals surface area contributed by atoms with E-state index >= 15 is 0 Å². The normalized spacial score (nSPS) is 29.8. The smallest absolute Gasteiger partial charge is 0.133 e. The van der Waals surface area contributed by atoms with Crippen LogP contribution in [-0.4, -0.2) is 40.5 Å². The molecule has 0 saturated carbocycles. The number of hydrogen-bond acceptors (Lipinski definition) is 4. The van der Waals surface area contributed by atoms with Gasteiger partial charge >= 0.3 is 0 Å². The number of aryl methyl sites for hydroxylation is 1. The Kier molecular flexibility index (Phi) is 3.44. The van der Waals surface area contributed by atoms with Crippen molar-refractivity contribution < 1.29 is 0 Å². The van der Waals surface area contributed by atoms with Crippen LogP contribution in [0.3, 0.4) is 0 Å². The van der Waals surface area contributed by atoms with Crippen LogP contribution in [0, 0.1) is 12.8 Å². The SMILES string of the molecule is Cc1cc(NC2CN3CCC2CC3)nc(C(C)C)n1. The molecule has 0 radical (unpaired) electrons. The zero-order chi connectivity index (χ0) is 13.4. The van der Waals surface area contributed by atoms with Gasteiger partial charge in [-0.05, 0) is 38.8 Å². The maximum absolute atomic E-state index is 4.67. The third-order valence-electron chi connectivity index (χ3n) is 4.38. The highest BCUT2D eigenvalue weighted by Gasteiger charge is 2.34. The molecule has 0 aliphatic carbocycles. The lowest BCUT2D eigenvalue weighted by Gasteiger charge is -2.45. The van der Waals surface area contributed by atoms with Gasteiger partial charge in [0.15, 0.2) is 0 Å². The summed E-state index contributed by atoms with van der Waals surface area (Å²) in [5.41, 5.74) is 1.06. The van der Waals surface area contributed by atoms with Crippen LogP contribution in [0.1, 0.15) is 44.1 Å². The number of rotatable bonds is 3. The molecule has 0 aromatic carbocycles. The Hall–Kier alpha value is -1.16. The molecule has 1 aromatic heterocycles. The van der Waals surface area contributed by atoms with E-state index in [0.29, 0.717) is 12.0 Å². The largest absolute Gasteiger partial charge is 0.366 e. The van der Waals surface area contributed by atoms with E-state index in [1.165, 1.54) is 32.5 Å². The fraction of sp³-hybridized carbons (Fsp3) is 0.733. The summed E-state index contributed by atoms with van der Waals surface area (Å²) in [4.78, 5) is 11.7. The number of hydrogen-bond donors (Lipinski definition) is 1. The quantitative estimate of drug-likeness (QED) is 0.906. The number of piperidine rings is 3. The lowest BCUT2D eigenvalue weighted by atomic mass is 9.84. The highest BCUT2D eigenvalue weighted by Crippen LogP contribution is 2.29. The van der Waals surface area contributed by atoms with Crippen LogP contribution in [-0.2, 0) is 0 Å². The number of anilines is 1. The lowest BCUT2D eigenvalue weighted by molar-refractivity contribution is 0.0973. The summed E-state index contributed by atoms with van der Waals surface area (Å²) < 4.78 is 0. The Morgan fingerprint density at radius 2 is 2.00 bits per heavy atom. The van der Waals surface area contributed by atoms with E-state index < -0.39 is 0 Å². The molecule has 19 heavy (non-hydrogen) atoms. The molecule has 3 aliphatic rings. The maximum atomic E-state index is 4.67. The van der Waals surface area contributed by atoms with Gasteiger partial charge < -0.3 is 10.2 Å². The Bertz CT molecular complexity index is 449. The average Bonchev–Trinajstić information content (AvgIpc) is 2.39. The fourth-order valence-corrected chi connectivity index (χ4v) is 3.24. The fourth-order valence-electron chi connectivity index (χ4n) is 3.24. The third-order valence-corrected chi connectivity index (χ3v) is 4.38. The first-order valence-corrected chi connectivity index (χ1v) is 7.46. The first-order chi connectivity index (χ1) is 9.11. The van der Waals surface area contributed by atoms with Crippen molar-refractivity contribution in [1.29, 1.82) is 0 Å². The molecule has 0 amide bonds. The molecule has 1 N–H and O–H groups in total. The van der Waals surface area contributed by atoms with Gasteiger partial charge in [0.1, 0.15) is 11.6 Å². The molecule has 2 bridgehead atoms. The van der Waals surface area contributed by atoms with E-state index in [0.717, 1.165) is 23.3 Å². The second-order valence-corrected chi connectivity index (χ2v) is 6.30. The van der Waals surface area contributed by atoms with Crippen molar-refractivity contribution in [2.75, 3.05) is 25.0 Å². The summed E-state index contributed by atoms with van der Waals surface area (Å²) >= 11 is 0. The zero-order valence-corrected chi connectivity index (χ0v) is 12.2. The minimum absolute atomic E-state index is 0.381. The molecule has 1 aromatic rings. The Labute approximate surface area is 115 Å². The average molecular weight is 260 g/mol. The number of fused-ring (bicyclic) bond motifs is 3. The highest BCUT2D eigenvalue weighted by molar-refractivity contribution is 5.38. The zero-order valence-electron chi connectivity index (χ0n) is 12.2. The maximum Gasteiger partial charge on any atom is 0.133 e. The van der Waals surface area contributed by atoms with E-state index in [-0.39, 0.29) is 0 Å². The van der Waals surface area contributed by atoms with Gasteiger partial charge in [0.25, 0.3) is 0 Å². The molecule has 4 nitrogen and oxygen atoms in total. The van der Waals surface area contributed by atoms with Crippen molar-refractivity contribution in [3.63, 3.8) is 0 Å². The van der Waals surface area contributed by atoms with Crippen molar-refractivity contribution in [2.24, 2.45) is 5.92 Å². The minimum Gasteiger partial charge on any atom is -0.366 e. The van der Waals surface area contributed by atoms with E-state index in [9.17, 15) is 0 Å². The van der Waals surface area contributed by atoms with Gasteiger partial charge in [0, 0.05) is 30.3 Å². The van der Waals surface area contributed by atoms with Crippen molar-refractivity contribution >= 4 is 5.82 Å². The van der Waals surface area contributed by atoms with Crippen molar-refractivity contribution in [2.45, 2.75) is 45.6 Å². The lowest BCUT2D eigenvalue weighted by Crippen LogP contribution is -2.53. The van der Waals surface area contributed by atoms with Gasteiger partial charge in [-0.25, -0.2) is 9.97 Å². The van der Waals surface area contributed by atoms with Crippen molar-refractivity contribution in [1.82, 2.24) is 14.9 Å². The van der Waals surface area contributed by atoms with Gasteiger partial charge in [0.05, 0.1) is 0 Å². The summed E-state index contributed by atoms with van der Waals surface area (Å²) in [6.45, 7) is 10.1. The topological polar surface area (TPSA) is 41.0 Å². The minimum atomic E-state index is 0.381. The molecular weight excluding hydrogens is 236 g/mol. The molecule has 3 aliphatic heterocycles. The molecule has 4 heterocycles. The number of nitrogens with one attached hydrogen (secondary N) is 1. The predicted octanol–water partition coefficient (Wildman–Crippen LogP) is 2.41. The molecule has 3 fully saturated rings. The van der Waals surface area contributed by atoms with Gasteiger partial charge in [-0.3, -0.25) is 0 Å². The van der Waals surface area contributed by atoms with E-state index in [2.05, 4.69) is 47.0 Å². The summed E-state index contributed by atoms with van der Waals surface area (Å²) in [5.74, 6) is 3.16. The summed E-state index contributed by atoms with van der Waals surface area (Å²) in [6, 6.07) is 2.64. The van der Waals surface area contributed by atoms with Crippen LogP contribution in [0.4, 0.5) is 5.82 Å². The molecule has 4 rings (SSSR count). The first kappa shape index (κ1) is 12.9. The standard InChI is InChI=1S/C15H24N4/c1-10(2)15-16-11(3)8-14(18-15)17-13-9-19-6-4-12(13)5-7-19/h8,10,12-13H,4-7,9H2,1-3H3,(H,16,17,18). The second kappa shape index (κ2) is 5.08. The van der Waals surface area contributed by atoms with Gasteiger partial charge in [0.2, 0.25) is 0 Å². The van der Waals surface area contributed by atoms with Crippen LogP contribution in [0.25, 0.3) is 0 Å². The highest BCUT2D eigenvalue weighted by atomic mass is 15.2. The number of nitrogens with zero attached hydrogens (tertiary/aromatic N) is 3.